The number of hydrogen-bond acceptors (Lipinski definition) is 6. The highest BCUT2D eigenvalue weighted by molar-refractivity contribution is 6.01. The first-order chi connectivity index (χ1) is 20.6. The van der Waals surface area contributed by atoms with Gasteiger partial charge in [-0.15, -0.1) is 0 Å². The Morgan fingerprint density at radius 2 is 1.52 bits per heavy atom. The van der Waals surface area contributed by atoms with E-state index in [1.54, 1.807) is 0 Å². The smallest absolute Gasteiger partial charge is 0.266 e. The molecule has 214 valence electrons. The van der Waals surface area contributed by atoms with Crippen LogP contribution in [0.5, 0.6) is 5.75 Å². The molecule has 2 aliphatic rings. The van der Waals surface area contributed by atoms with E-state index in [4.69, 9.17) is 19.6 Å². The van der Waals surface area contributed by atoms with Crippen LogP contribution in [0.2, 0.25) is 0 Å². The number of hydrogen-bond donors (Lipinski definition) is 3. The summed E-state index contributed by atoms with van der Waals surface area (Å²) in [5, 5.41) is 9.04. The van der Waals surface area contributed by atoms with E-state index in [2.05, 4.69) is 35.1 Å². The van der Waals surface area contributed by atoms with Crippen molar-refractivity contribution in [3.63, 3.8) is 0 Å². The normalized spacial score (nSPS) is 19.5. The van der Waals surface area contributed by atoms with Gasteiger partial charge < -0.3 is 14.6 Å². The molecule has 1 heterocycles. The largest absolute Gasteiger partial charge is 0.494 e. The quantitative estimate of drug-likeness (QED) is 0.182. The van der Waals surface area contributed by atoms with Crippen molar-refractivity contribution in [3.05, 3.63) is 137 Å². The summed E-state index contributed by atoms with van der Waals surface area (Å²) in [6.07, 6.45) is 1.98. The van der Waals surface area contributed by atoms with Crippen molar-refractivity contribution in [2.24, 2.45) is 4.99 Å². The lowest BCUT2D eigenvalue weighted by atomic mass is 9.82. The van der Waals surface area contributed by atoms with E-state index in [9.17, 15) is 4.79 Å². The molecule has 0 saturated heterocycles. The van der Waals surface area contributed by atoms with Crippen LogP contribution >= 0.6 is 0 Å². The predicted octanol–water partition coefficient (Wildman–Crippen LogP) is 4.74. The van der Waals surface area contributed by atoms with Gasteiger partial charge in [-0.1, -0.05) is 84.9 Å². The van der Waals surface area contributed by atoms with Gasteiger partial charge in [-0.25, -0.2) is 10.4 Å². The number of fused-ring (bicyclic) bond motifs is 1. The van der Waals surface area contributed by atoms with Crippen LogP contribution in [0.4, 0.5) is 0 Å². The van der Waals surface area contributed by atoms with E-state index in [1.807, 2.05) is 84.9 Å². The van der Waals surface area contributed by atoms with Gasteiger partial charge in [-0.3, -0.25) is 10.2 Å². The average Bonchev–Trinajstić information content (AvgIpc) is 3.63. The molecule has 1 aliphatic carbocycles. The van der Waals surface area contributed by atoms with E-state index in [0.717, 1.165) is 29.5 Å². The van der Waals surface area contributed by atoms with Gasteiger partial charge in [-0.2, -0.15) is 0 Å². The number of hydrazine groups is 1. The van der Waals surface area contributed by atoms with Crippen molar-refractivity contribution in [1.82, 2.24) is 10.9 Å². The zero-order chi connectivity index (χ0) is 28.8. The minimum atomic E-state index is -1.26. The van der Waals surface area contributed by atoms with Crippen LogP contribution in [0, 0.1) is 0 Å². The molecule has 0 aromatic heterocycles. The van der Waals surface area contributed by atoms with Crippen molar-refractivity contribution in [2.75, 3.05) is 13.2 Å². The summed E-state index contributed by atoms with van der Waals surface area (Å²) < 4.78 is 12.3. The van der Waals surface area contributed by atoms with Crippen LogP contribution in [0.3, 0.4) is 0 Å². The summed E-state index contributed by atoms with van der Waals surface area (Å²) in [4.78, 5) is 19.5. The van der Waals surface area contributed by atoms with Crippen molar-refractivity contribution < 1.29 is 19.4 Å². The highest BCUT2D eigenvalue weighted by atomic mass is 16.5. The van der Waals surface area contributed by atoms with Gasteiger partial charge in [0.15, 0.2) is 11.6 Å². The van der Waals surface area contributed by atoms with Gasteiger partial charge in [0.05, 0.1) is 6.61 Å². The van der Waals surface area contributed by atoms with Gasteiger partial charge in [0.1, 0.15) is 5.75 Å². The van der Waals surface area contributed by atoms with E-state index in [1.165, 1.54) is 11.1 Å². The molecule has 42 heavy (non-hydrogen) atoms. The Kier molecular flexibility index (Phi) is 8.30. The Labute approximate surface area is 246 Å². The molecule has 6 rings (SSSR count). The number of nitrogens with zero attached hydrogens (tertiary/aromatic N) is 1. The van der Waals surface area contributed by atoms with Gasteiger partial charge in [0.2, 0.25) is 5.90 Å². The lowest BCUT2D eigenvalue weighted by Gasteiger charge is -2.31. The second kappa shape index (κ2) is 12.6. The summed E-state index contributed by atoms with van der Waals surface area (Å²) in [5.74, 6) is 0.862. The molecule has 4 aromatic carbocycles. The van der Waals surface area contributed by atoms with Gasteiger partial charge in [0, 0.05) is 31.1 Å². The monoisotopic (exact) mass is 561 g/mol. The number of benzene rings is 4. The topological polar surface area (TPSA) is 92.2 Å². The molecule has 1 aliphatic heterocycles. The van der Waals surface area contributed by atoms with E-state index in [0.29, 0.717) is 31.1 Å². The van der Waals surface area contributed by atoms with Crippen LogP contribution in [-0.2, 0) is 28.8 Å². The fourth-order valence-corrected chi connectivity index (χ4v) is 5.75. The molecule has 0 spiro atoms. The fourth-order valence-electron chi connectivity index (χ4n) is 5.75. The Morgan fingerprint density at radius 3 is 2.19 bits per heavy atom. The molecule has 3 N–H and O–H groups in total. The lowest BCUT2D eigenvalue weighted by molar-refractivity contribution is -0.130. The van der Waals surface area contributed by atoms with Gasteiger partial charge in [0.25, 0.3) is 5.91 Å². The lowest BCUT2D eigenvalue weighted by Crippen LogP contribution is -2.56. The van der Waals surface area contributed by atoms with Crippen LogP contribution in [0.25, 0.3) is 0 Å². The number of aliphatic hydroxyl groups is 1. The van der Waals surface area contributed by atoms with Crippen molar-refractivity contribution >= 4 is 11.8 Å². The highest BCUT2D eigenvalue weighted by Crippen LogP contribution is 2.42. The molecular formula is C35H35N3O4. The first-order valence-corrected chi connectivity index (χ1v) is 14.5. The summed E-state index contributed by atoms with van der Waals surface area (Å²) in [6, 6.07) is 35.8. The number of aliphatic hydroxyl groups excluding tert-OH is 1. The van der Waals surface area contributed by atoms with Crippen molar-refractivity contribution in [3.8, 4) is 5.75 Å². The molecular weight excluding hydrogens is 526 g/mol. The van der Waals surface area contributed by atoms with Crippen LogP contribution in [0.1, 0.15) is 40.3 Å². The molecule has 0 bridgehead atoms. The van der Waals surface area contributed by atoms with Gasteiger partial charge in [-0.05, 0) is 59.4 Å². The van der Waals surface area contributed by atoms with Crippen LogP contribution in [-0.4, -0.2) is 41.7 Å². The maximum absolute atomic E-state index is 14.4. The number of aliphatic imine (C=N–C) groups is 1. The third-order valence-electron chi connectivity index (χ3n) is 7.89. The second-order valence-electron chi connectivity index (χ2n) is 10.8. The SMILES string of the molecule is O=C(NNC1Cc2ccccc2C1)[C@@]1(Cc2ccccc2)N=C(c2ccc(OCCCO)cc2)O[C@H]1c1ccccc1. The molecule has 4 aromatic rings. The Balaban J connectivity index is 1.32. The first-order valence-electron chi connectivity index (χ1n) is 14.5. The summed E-state index contributed by atoms with van der Waals surface area (Å²) in [5.41, 5.74) is 10.3. The fraction of sp³-hybridized carbons (Fsp3) is 0.257. The third-order valence-corrected chi connectivity index (χ3v) is 7.89. The summed E-state index contributed by atoms with van der Waals surface area (Å²) >= 11 is 0. The highest BCUT2D eigenvalue weighted by Gasteiger charge is 2.53. The molecule has 0 fully saturated rings. The third kappa shape index (κ3) is 5.93. The van der Waals surface area contributed by atoms with E-state index in [-0.39, 0.29) is 18.6 Å². The predicted molar refractivity (Wildman–Crippen MR) is 162 cm³/mol. The number of rotatable bonds is 11. The molecule has 0 unspecified atom stereocenters. The minimum absolute atomic E-state index is 0.0811. The average molecular weight is 562 g/mol. The van der Waals surface area contributed by atoms with E-state index >= 15 is 0 Å². The Bertz CT molecular complexity index is 1500. The Hall–Kier alpha value is -4.46. The zero-order valence-electron chi connectivity index (χ0n) is 23.4. The number of ether oxygens (including phenoxy) is 2. The molecule has 0 saturated carbocycles. The zero-order valence-corrected chi connectivity index (χ0v) is 23.4. The molecule has 1 amide bonds. The minimum Gasteiger partial charge on any atom is -0.494 e. The second-order valence-corrected chi connectivity index (χ2v) is 10.8. The number of carbonyl (C=O) groups is 1. The molecule has 7 heteroatoms. The number of nitrogens with one attached hydrogen (secondary N) is 2. The van der Waals surface area contributed by atoms with Crippen LogP contribution < -0.4 is 15.6 Å². The number of amides is 1. The molecule has 2 atom stereocenters. The standard InChI is InChI=1S/C35H35N3O4/c39-20-9-21-41-31-18-16-27(17-19-31)33-36-35(24-25-10-3-1-4-11-25,32(42-33)26-12-5-2-6-13-26)34(40)38-37-30-22-28-14-7-8-15-29(28)23-30/h1-8,10-19,30,32,37,39H,9,20-24H2,(H,38,40)/t32-,35-/m0/s1. The number of carbonyl (C=O) groups excluding carboxylic acids is 1. The summed E-state index contributed by atoms with van der Waals surface area (Å²) in [7, 11) is 0. The molecule has 7 nitrogen and oxygen atoms in total. The maximum atomic E-state index is 14.4. The van der Waals surface area contributed by atoms with Crippen molar-refractivity contribution in [1.29, 1.82) is 0 Å². The molecule has 0 radical (unpaired) electrons. The first kappa shape index (κ1) is 27.7. The summed E-state index contributed by atoms with van der Waals surface area (Å²) in [6.45, 7) is 0.514. The van der Waals surface area contributed by atoms with Crippen molar-refractivity contribution in [2.45, 2.75) is 43.4 Å². The maximum Gasteiger partial charge on any atom is 0.266 e. The van der Waals surface area contributed by atoms with Crippen LogP contribution in [0.15, 0.2) is 114 Å². The van der Waals surface area contributed by atoms with E-state index < -0.39 is 11.6 Å². The van der Waals surface area contributed by atoms with Gasteiger partial charge >= 0.3 is 0 Å². The Morgan fingerprint density at radius 1 is 0.881 bits per heavy atom.